The molecular weight excluding hydrogens is 276 g/mol. The molecule has 4 fully saturated rings. The standard InChI is InChI=1S/C19H32O3/c1-18-6-5-14-13(16(18)7-12(21)9-18)8-17(22)15-4-3-11(20)10-19(14,15)2/h11-17,20-22H,3-10H2,1-2H3. The molecule has 126 valence electrons. The lowest BCUT2D eigenvalue weighted by Gasteiger charge is -2.61. The van der Waals surface area contributed by atoms with Gasteiger partial charge in [-0.25, -0.2) is 0 Å². The third-order valence-corrected chi connectivity index (χ3v) is 8.34. The fourth-order valence-electron chi connectivity index (χ4n) is 7.42. The normalized spacial score (nSPS) is 61.2. The van der Waals surface area contributed by atoms with Gasteiger partial charge in [0.25, 0.3) is 0 Å². The second kappa shape index (κ2) is 4.94. The van der Waals surface area contributed by atoms with Crippen LogP contribution in [0, 0.1) is 34.5 Å². The van der Waals surface area contributed by atoms with Crippen LogP contribution in [0.1, 0.15) is 65.2 Å². The van der Waals surface area contributed by atoms with Crippen molar-refractivity contribution in [3.63, 3.8) is 0 Å². The molecule has 4 saturated carbocycles. The van der Waals surface area contributed by atoms with Gasteiger partial charge >= 0.3 is 0 Å². The van der Waals surface area contributed by atoms with Crippen LogP contribution in [0.25, 0.3) is 0 Å². The summed E-state index contributed by atoms with van der Waals surface area (Å²) in [7, 11) is 0. The van der Waals surface area contributed by atoms with Crippen molar-refractivity contribution >= 4 is 0 Å². The SMILES string of the molecule is CC12CCC3C(CC(O)C4CCC(O)CC43C)C1CC(O)C2. The van der Waals surface area contributed by atoms with E-state index in [9.17, 15) is 15.3 Å². The summed E-state index contributed by atoms with van der Waals surface area (Å²) in [5.74, 6) is 2.09. The first-order chi connectivity index (χ1) is 10.3. The van der Waals surface area contributed by atoms with Gasteiger partial charge in [0.05, 0.1) is 18.3 Å². The van der Waals surface area contributed by atoms with Gasteiger partial charge in [-0.1, -0.05) is 13.8 Å². The van der Waals surface area contributed by atoms with E-state index in [1.54, 1.807) is 0 Å². The van der Waals surface area contributed by atoms with Crippen LogP contribution in [-0.2, 0) is 0 Å². The van der Waals surface area contributed by atoms with E-state index in [-0.39, 0.29) is 29.1 Å². The molecule has 0 heterocycles. The molecule has 0 aliphatic heterocycles. The molecule has 4 aliphatic rings. The van der Waals surface area contributed by atoms with Gasteiger partial charge in [-0.2, -0.15) is 0 Å². The number of rotatable bonds is 0. The summed E-state index contributed by atoms with van der Waals surface area (Å²) in [6.07, 6.45) is 7.38. The van der Waals surface area contributed by atoms with E-state index >= 15 is 0 Å². The van der Waals surface area contributed by atoms with E-state index in [1.807, 2.05) is 0 Å². The molecular formula is C19H32O3. The Hall–Kier alpha value is -0.120. The third kappa shape index (κ3) is 2.04. The molecule has 3 nitrogen and oxygen atoms in total. The van der Waals surface area contributed by atoms with E-state index in [4.69, 9.17) is 0 Å². The highest BCUT2D eigenvalue weighted by atomic mass is 16.3. The minimum Gasteiger partial charge on any atom is -0.393 e. The Bertz CT molecular complexity index is 452. The summed E-state index contributed by atoms with van der Waals surface area (Å²) >= 11 is 0. The average molecular weight is 308 g/mol. The Morgan fingerprint density at radius 3 is 2.32 bits per heavy atom. The molecule has 0 radical (unpaired) electrons. The van der Waals surface area contributed by atoms with E-state index in [2.05, 4.69) is 13.8 Å². The molecule has 9 unspecified atom stereocenters. The Balaban J connectivity index is 1.67. The van der Waals surface area contributed by atoms with Gasteiger partial charge in [0.1, 0.15) is 0 Å². The van der Waals surface area contributed by atoms with Crippen molar-refractivity contribution in [3.8, 4) is 0 Å². The highest BCUT2D eigenvalue weighted by Crippen LogP contribution is 2.66. The Morgan fingerprint density at radius 2 is 1.55 bits per heavy atom. The Morgan fingerprint density at radius 1 is 0.773 bits per heavy atom. The molecule has 0 aromatic carbocycles. The smallest absolute Gasteiger partial charge is 0.0576 e. The lowest BCUT2D eigenvalue weighted by atomic mass is 9.44. The van der Waals surface area contributed by atoms with Gasteiger partial charge < -0.3 is 15.3 Å². The highest BCUT2D eigenvalue weighted by molar-refractivity contribution is 5.10. The topological polar surface area (TPSA) is 60.7 Å². The van der Waals surface area contributed by atoms with Gasteiger partial charge in [-0.3, -0.25) is 0 Å². The fourth-order valence-corrected chi connectivity index (χ4v) is 7.42. The third-order valence-electron chi connectivity index (χ3n) is 8.34. The number of fused-ring (bicyclic) bond motifs is 5. The fraction of sp³-hybridized carbons (Fsp3) is 1.00. The van der Waals surface area contributed by atoms with Crippen molar-refractivity contribution < 1.29 is 15.3 Å². The number of aliphatic hydroxyl groups excluding tert-OH is 3. The molecule has 0 amide bonds. The Labute approximate surface area is 134 Å². The summed E-state index contributed by atoms with van der Waals surface area (Å²) in [6, 6.07) is 0. The van der Waals surface area contributed by atoms with Crippen molar-refractivity contribution in [2.24, 2.45) is 34.5 Å². The predicted molar refractivity (Wildman–Crippen MR) is 85.1 cm³/mol. The van der Waals surface area contributed by atoms with Crippen LogP contribution in [0.3, 0.4) is 0 Å². The first-order valence-corrected chi connectivity index (χ1v) is 9.38. The van der Waals surface area contributed by atoms with Gasteiger partial charge in [0, 0.05) is 0 Å². The maximum absolute atomic E-state index is 10.8. The molecule has 0 bridgehead atoms. The molecule has 0 spiro atoms. The maximum atomic E-state index is 10.8. The molecule has 9 atom stereocenters. The van der Waals surface area contributed by atoms with Gasteiger partial charge in [0.15, 0.2) is 0 Å². The van der Waals surface area contributed by atoms with Gasteiger partial charge in [0.2, 0.25) is 0 Å². The van der Waals surface area contributed by atoms with E-state index in [0.29, 0.717) is 23.7 Å². The van der Waals surface area contributed by atoms with Crippen LogP contribution >= 0.6 is 0 Å². The van der Waals surface area contributed by atoms with Gasteiger partial charge in [-0.05, 0) is 85.9 Å². The van der Waals surface area contributed by atoms with E-state index < -0.39 is 0 Å². The lowest BCUT2D eigenvalue weighted by Crippen LogP contribution is -2.57. The van der Waals surface area contributed by atoms with Crippen LogP contribution in [0.2, 0.25) is 0 Å². The van der Waals surface area contributed by atoms with Crippen LogP contribution < -0.4 is 0 Å². The minimum atomic E-state index is -0.209. The largest absolute Gasteiger partial charge is 0.393 e. The molecule has 3 N–H and O–H groups in total. The predicted octanol–water partition coefficient (Wildman–Crippen LogP) is 2.72. The summed E-state index contributed by atoms with van der Waals surface area (Å²) in [5.41, 5.74) is 0.367. The second-order valence-electron chi connectivity index (χ2n) is 9.51. The number of hydrogen-bond donors (Lipinski definition) is 3. The van der Waals surface area contributed by atoms with Crippen molar-refractivity contribution in [1.82, 2.24) is 0 Å². The van der Waals surface area contributed by atoms with Crippen molar-refractivity contribution in [2.45, 2.75) is 83.5 Å². The Kier molecular flexibility index (Phi) is 3.46. The average Bonchev–Trinajstić information content (AvgIpc) is 2.72. The second-order valence-corrected chi connectivity index (χ2v) is 9.51. The molecule has 22 heavy (non-hydrogen) atoms. The van der Waals surface area contributed by atoms with Gasteiger partial charge in [-0.15, -0.1) is 0 Å². The molecule has 0 saturated heterocycles. The van der Waals surface area contributed by atoms with Crippen molar-refractivity contribution in [3.05, 3.63) is 0 Å². The quantitative estimate of drug-likeness (QED) is 0.645. The highest BCUT2D eigenvalue weighted by Gasteiger charge is 2.61. The van der Waals surface area contributed by atoms with Crippen LogP contribution in [-0.4, -0.2) is 33.6 Å². The van der Waals surface area contributed by atoms with Crippen LogP contribution in [0.4, 0.5) is 0 Å². The zero-order valence-corrected chi connectivity index (χ0v) is 14.0. The molecule has 0 aromatic heterocycles. The summed E-state index contributed by atoms with van der Waals surface area (Å²) in [4.78, 5) is 0. The number of aliphatic hydroxyl groups is 3. The summed E-state index contributed by atoms with van der Waals surface area (Å²) in [5, 5.41) is 31.3. The van der Waals surface area contributed by atoms with E-state index in [1.165, 1.54) is 12.8 Å². The first kappa shape index (κ1) is 15.4. The summed E-state index contributed by atoms with van der Waals surface area (Å²) in [6.45, 7) is 4.70. The molecule has 4 rings (SSSR count). The van der Waals surface area contributed by atoms with Crippen molar-refractivity contribution in [1.29, 1.82) is 0 Å². The first-order valence-electron chi connectivity index (χ1n) is 9.38. The maximum Gasteiger partial charge on any atom is 0.0576 e. The monoisotopic (exact) mass is 308 g/mol. The lowest BCUT2D eigenvalue weighted by molar-refractivity contribution is -0.168. The summed E-state index contributed by atoms with van der Waals surface area (Å²) < 4.78 is 0. The molecule has 3 heteroatoms. The zero-order chi connectivity index (χ0) is 15.7. The van der Waals surface area contributed by atoms with Crippen molar-refractivity contribution in [2.75, 3.05) is 0 Å². The minimum absolute atomic E-state index is 0.0921. The molecule has 4 aliphatic carbocycles. The number of hydrogen-bond acceptors (Lipinski definition) is 3. The molecule has 0 aromatic rings. The van der Waals surface area contributed by atoms with E-state index in [0.717, 1.165) is 38.5 Å². The van der Waals surface area contributed by atoms with Crippen LogP contribution in [0.5, 0.6) is 0 Å². The zero-order valence-electron chi connectivity index (χ0n) is 14.0. The van der Waals surface area contributed by atoms with Crippen LogP contribution in [0.15, 0.2) is 0 Å².